The molecule has 0 amide bonds. The van der Waals surface area contributed by atoms with Crippen LogP contribution >= 0.6 is 0 Å². The normalized spacial score (nSPS) is 17.5. The standard InChI is InChI=1S/C20H21NO4S/c1-21(2)16-6-4-5-7-17(16)26(23)18-12-13-25-19(18)14-8-10-15(11-9-14)20(22)24-3/h4-12,19H,13H2,1-3H3/t19-,26?/m0/s1. The molecule has 136 valence electrons. The van der Waals surface area contributed by atoms with Gasteiger partial charge in [0.05, 0.1) is 45.6 Å². The van der Waals surface area contributed by atoms with Crippen LogP contribution in [-0.4, -0.2) is 38.0 Å². The maximum atomic E-state index is 13.2. The summed E-state index contributed by atoms with van der Waals surface area (Å²) < 4.78 is 23.8. The monoisotopic (exact) mass is 371 g/mol. The molecule has 0 radical (unpaired) electrons. The fourth-order valence-corrected chi connectivity index (χ4v) is 4.39. The number of benzene rings is 2. The van der Waals surface area contributed by atoms with E-state index in [0.717, 1.165) is 21.1 Å². The highest BCUT2D eigenvalue weighted by molar-refractivity contribution is 7.89. The van der Waals surface area contributed by atoms with Crippen molar-refractivity contribution in [2.75, 3.05) is 32.7 Å². The van der Waals surface area contributed by atoms with Gasteiger partial charge < -0.3 is 14.4 Å². The first-order valence-electron chi connectivity index (χ1n) is 8.21. The van der Waals surface area contributed by atoms with Gasteiger partial charge in [-0.15, -0.1) is 0 Å². The first-order valence-corrected chi connectivity index (χ1v) is 9.36. The van der Waals surface area contributed by atoms with E-state index >= 15 is 0 Å². The van der Waals surface area contributed by atoms with Gasteiger partial charge in [-0.1, -0.05) is 24.3 Å². The molecule has 0 fully saturated rings. The van der Waals surface area contributed by atoms with Crippen LogP contribution in [-0.2, 0) is 20.3 Å². The summed E-state index contributed by atoms with van der Waals surface area (Å²) in [4.78, 5) is 15.0. The van der Waals surface area contributed by atoms with Gasteiger partial charge in [-0.05, 0) is 35.9 Å². The average Bonchev–Trinajstić information content (AvgIpc) is 3.16. The molecule has 3 rings (SSSR count). The van der Waals surface area contributed by atoms with Crippen molar-refractivity contribution < 1.29 is 18.5 Å². The number of methoxy groups -OCH3 is 1. The van der Waals surface area contributed by atoms with Gasteiger partial charge in [0.2, 0.25) is 0 Å². The largest absolute Gasteiger partial charge is 0.465 e. The zero-order valence-corrected chi connectivity index (χ0v) is 15.8. The number of carbonyl (C=O) groups excluding carboxylic acids is 1. The van der Waals surface area contributed by atoms with Crippen LogP contribution in [0.2, 0.25) is 0 Å². The Morgan fingerprint density at radius 2 is 1.85 bits per heavy atom. The van der Waals surface area contributed by atoms with Crippen molar-refractivity contribution in [3.05, 3.63) is 70.6 Å². The molecular formula is C20H21NO4S. The molecule has 0 aromatic heterocycles. The molecule has 1 unspecified atom stereocenters. The second-order valence-electron chi connectivity index (χ2n) is 6.06. The number of ether oxygens (including phenoxy) is 2. The number of anilines is 1. The molecule has 0 spiro atoms. The summed E-state index contributed by atoms with van der Waals surface area (Å²) in [6.07, 6.45) is 1.49. The van der Waals surface area contributed by atoms with Crippen molar-refractivity contribution in [1.82, 2.24) is 0 Å². The number of hydrogen-bond acceptors (Lipinski definition) is 5. The van der Waals surface area contributed by atoms with Crippen LogP contribution < -0.4 is 4.90 Å². The Hall–Kier alpha value is -2.44. The zero-order valence-electron chi connectivity index (χ0n) is 15.0. The second kappa shape index (κ2) is 7.85. The van der Waals surface area contributed by atoms with E-state index in [0.29, 0.717) is 12.2 Å². The number of esters is 1. The first kappa shape index (κ1) is 18.4. The summed E-state index contributed by atoms with van der Waals surface area (Å²) >= 11 is 0. The molecule has 26 heavy (non-hydrogen) atoms. The third-order valence-corrected chi connectivity index (χ3v) is 5.75. The minimum absolute atomic E-state index is 0.386. The van der Waals surface area contributed by atoms with E-state index in [2.05, 4.69) is 0 Å². The lowest BCUT2D eigenvalue weighted by Crippen LogP contribution is -2.13. The third kappa shape index (κ3) is 3.57. The number of carbonyl (C=O) groups is 1. The summed E-state index contributed by atoms with van der Waals surface area (Å²) in [5.41, 5.74) is 2.24. The predicted molar refractivity (Wildman–Crippen MR) is 102 cm³/mol. The molecule has 5 nitrogen and oxygen atoms in total. The molecule has 0 N–H and O–H groups in total. The Morgan fingerprint density at radius 3 is 2.50 bits per heavy atom. The molecule has 0 aliphatic carbocycles. The van der Waals surface area contributed by atoms with Crippen molar-refractivity contribution in [2.45, 2.75) is 11.0 Å². The van der Waals surface area contributed by atoms with E-state index in [1.165, 1.54) is 7.11 Å². The SMILES string of the molecule is COC(=O)c1ccc([C@@H]2OCC=C2S(=O)c2ccccc2N(C)C)cc1. The molecule has 1 heterocycles. The molecule has 1 aliphatic rings. The van der Waals surface area contributed by atoms with E-state index in [9.17, 15) is 9.00 Å². The summed E-state index contributed by atoms with van der Waals surface area (Å²) in [6.45, 7) is 0.411. The Morgan fingerprint density at radius 1 is 1.15 bits per heavy atom. The molecule has 6 heteroatoms. The molecule has 2 aromatic carbocycles. The van der Waals surface area contributed by atoms with Gasteiger partial charge in [-0.25, -0.2) is 9.00 Å². The molecule has 0 bridgehead atoms. The molecule has 0 saturated heterocycles. The van der Waals surface area contributed by atoms with Crippen LogP contribution in [0.15, 0.2) is 64.4 Å². The van der Waals surface area contributed by atoms with Gasteiger partial charge in [0.15, 0.2) is 0 Å². The van der Waals surface area contributed by atoms with E-state index in [4.69, 9.17) is 9.47 Å². The van der Waals surface area contributed by atoms with Crippen molar-refractivity contribution in [3.8, 4) is 0 Å². The summed E-state index contributed by atoms with van der Waals surface area (Å²) in [5, 5.41) is 0. The van der Waals surface area contributed by atoms with Gasteiger partial charge in [0, 0.05) is 14.1 Å². The third-order valence-electron chi connectivity index (χ3n) is 4.20. The number of hydrogen-bond donors (Lipinski definition) is 0. The maximum absolute atomic E-state index is 13.2. The Kier molecular flexibility index (Phi) is 5.54. The predicted octanol–water partition coefficient (Wildman–Crippen LogP) is 3.30. The molecule has 2 atom stereocenters. The van der Waals surface area contributed by atoms with Crippen LogP contribution in [0.3, 0.4) is 0 Å². The molecule has 2 aromatic rings. The van der Waals surface area contributed by atoms with Crippen LogP contribution in [0, 0.1) is 0 Å². The Bertz CT molecular complexity index is 858. The molecule has 0 saturated carbocycles. The van der Waals surface area contributed by atoms with E-state index in [-0.39, 0.29) is 5.97 Å². The number of para-hydroxylation sites is 1. The van der Waals surface area contributed by atoms with Gasteiger partial charge in [-0.2, -0.15) is 0 Å². The summed E-state index contributed by atoms with van der Waals surface area (Å²) in [6, 6.07) is 14.6. The lowest BCUT2D eigenvalue weighted by Gasteiger charge is -2.19. The van der Waals surface area contributed by atoms with Gasteiger partial charge >= 0.3 is 5.97 Å². The van der Waals surface area contributed by atoms with Gasteiger partial charge in [0.25, 0.3) is 0 Å². The second-order valence-corrected chi connectivity index (χ2v) is 7.51. The fourth-order valence-electron chi connectivity index (χ4n) is 2.87. The highest BCUT2D eigenvalue weighted by atomic mass is 32.2. The van der Waals surface area contributed by atoms with E-state index in [1.807, 2.05) is 61.5 Å². The van der Waals surface area contributed by atoms with Crippen molar-refractivity contribution in [3.63, 3.8) is 0 Å². The van der Waals surface area contributed by atoms with Crippen molar-refractivity contribution in [2.24, 2.45) is 0 Å². The quantitative estimate of drug-likeness (QED) is 0.755. The Balaban J connectivity index is 1.89. The van der Waals surface area contributed by atoms with Gasteiger partial charge in [-0.3, -0.25) is 0 Å². The van der Waals surface area contributed by atoms with E-state index < -0.39 is 16.9 Å². The van der Waals surface area contributed by atoms with Crippen LogP contribution in [0.4, 0.5) is 5.69 Å². The minimum Gasteiger partial charge on any atom is -0.465 e. The van der Waals surface area contributed by atoms with Gasteiger partial charge in [0.1, 0.15) is 6.10 Å². The summed E-state index contributed by atoms with van der Waals surface area (Å²) in [5.74, 6) is -0.386. The molecular weight excluding hydrogens is 350 g/mol. The average molecular weight is 371 g/mol. The maximum Gasteiger partial charge on any atom is 0.337 e. The highest BCUT2D eigenvalue weighted by Crippen LogP contribution is 2.37. The number of nitrogens with zero attached hydrogens (tertiary/aromatic N) is 1. The van der Waals surface area contributed by atoms with E-state index in [1.54, 1.807) is 12.1 Å². The number of rotatable bonds is 5. The summed E-state index contributed by atoms with van der Waals surface area (Å²) in [7, 11) is 3.87. The smallest absolute Gasteiger partial charge is 0.337 e. The fraction of sp³-hybridized carbons (Fsp3) is 0.250. The topological polar surface area (TPSA) is 55.8 Å². The van der Waals surface area contributed by atoms with Crippen molar-refractivity contribution in [1.29, 1.82) is 0 Å². The first-order chi connectivity index (χ1) is 12.5. The van der Waals surface area contributed by atoms with Crippen molar-refractivity contribution >= 4 is 22.5 Å². The molecule has 1 aliphatic heterocycles. The van der Waals surface area contributed by atoms with Crippen LogP contribution in [0.5, 0.6) is 0 Å². The lowest BCUT2D eigenvalue weighted by atomic mass is 10.1. The van der Waals surface area contributed by atoms with Crippen LogP contribution in [0.1, 0.15) is 22.0 Å². The lowest BCUT2D eigenvalue weighted by molar-refractivity contribution is 0.0600. The minimum atomic E-state index is -1.33. The Labute approximate surface area is 155 Å². The van der Waals surface area contributed by atoms with Crippen LogP contribution in [0.25, 0.3) is 0 Å². The zero-order chi connectivity index (χ0) is 18.7. The highest BCUT2D eigenvalue weighted by Gasteiger charge is 2.28.